The molecule has 1 heterocycles. The van der Waals surface area contributed by atoms with Crippen LogP contribution in [0.3, 0.4) is 0 Å². The maximum Gasteiger partial charge on any atom is 0.218 e. The summed E-state index contributed by atoms with van der Waals surface area (Å²) in [4.78, 5) is 8.08. The van der Waals surface area contributed by atoms with E-state index in [0.29, 0.717) is 12.5 Å². The second-order valence-corrected chi connectivity index (χ2v) is 3.26. The number of nitrogens with zero attached hydrogens (tertiary/aromatic N) is 2. The predicted octanol–water partition coefficient (Wildman–Crippen LogP) is 2.09. The molecule has 1 aromatic rings. The Balaban J connectivity index is 2.30. The highest BCUT2D eigenvalue weighted by molar-refractivity contribution is 5.36. The first-order valence-corrected chi connectivity index (χ1v) is 5.49. The van der Waals surface area contributed by atoms with Gasteiger partial charge in [-0.1, -0.05) is 0 Å². The average Bonchev–Trinajstić information content (AvgIpc) is 2.30. The quantitative estimate of drug-likeness (QED) is 0.563. The van der Waals surface area contributed by atoms with E-state index < -0.39 is 0 Å². The molecule has 0 aromatic carbocycles. The van der Waals surface area contributed by atoms with Crippen molar-refractivity contribution < 1.29 is 4.74 Å². The van der Waals surface area contributed by atoms with Crippen molar-refractivity contribution in [3.63, 3.8) is 0 Å². The molecule has 1 aromatic heterocycles. The van der Waals surface area contributed by atoms with Crippen LogP contribution in [0.25, 0.3) is 0 Å². The summed E-state index contributed by atoms with van der Waals surface area (Å²) in [6.07, 6.45) is 9.57. The van der Waals surface area contributed by atoms with Crippen molar-refractivity contribution in [3.8, 4) is 18.2 Å². The Hall–Kier alpha value is -1.76. The minimum absolute atomic E-state index is 0.601. The third kappa shape index (κ3) is 4.65. The van der Waals surface area contributed by atoms with Crippen LogP contribution >= 0.6 is 0 Å². The third-order valence-electron chi connectivity index (χ3n) is 1.99. The van der Waals surface area contributed by atoms with E-state index in [1.807, 2.05) is 6.92 Å². The van der Waals surface area contributed by atoms with Crippen LogP contribution in [-0.4, -0.2) is 23.1 Å². The number of hydrogen-bond acceptors (Lipinski definition) is 4. The van der Waals surface area contributed by atoms with Crippen LogP contribution in [0.2, 0.25) is 0 Å². The number of unbranched alkanes of at least 4 members (excludes halogenated alkanes) is 2. The first kappa shape index (κ1) is 12.3. The fourth-order valence-electron chi connectivity index (χ4n) is 1.23. The highest BCUT2D eigenvalue weighted by Gasteiger charge is 1.97. The van der Waals surface area contributed by atoms with Gasteiger partial charge in [-0.25, -0.2) is 9.97 Å². The molecule has 0 bridgehead atoms. The average molecular weight is 219 g/mol. The number of aromatic nitrogens is 2. The molecule has 1 N–H and O–H groups in total. The smallest absolute Gasteiger partial charge is 0.218 e. The number of rotatable bonds is 7. The Morgan fingerprint density at radius 2 is 2.31 bits per heavy atom. The number of ether oxygens (including phenoxy) is 1. The molecule has 86 valence electrons. The Kier molecular flexibility index (Phi) is 5.79. The predicted molar refractivity (Wildman–Crippen MR) is 64.4 cm³/mol. The zero-order chi connectivity index (χ0) is 11.6. The van der Waals surface area contributed by atoms with Crippen molar-refractivity contribution in [1.82, 2.24) is 9.97 Å². The Bertz CT molecular complexity index is 346. The van der Waals surface area contributed by atoms with E-state index in [9.17, 15) is 0 Å². The van der Waals surface area contributed by atoms with Crippen molar-refractivity contribution in [2.45, 2.75) is 26.2 Å². The van der Waals surface area contributed by atoms with Gasteiger partial charge in [-0.3, -0.25) is 0 Å². The van der Waals surface area contributed by atoms with Crippen molar-refractivity contribution in [2.75, 3.05) is 18.5 Å². The van der Waals surface area contributed by atoms with E-state index >= 15 is 0 Å². The second kappa shape index (κ2) is 7.52. The van der Waals surface area contributed by atoms with E-state index in [1.165, 1.54) is 6.33 Å². The standard InChI is InChI=1S/C12H17N3O/c1-3-5-6-7-8-13-11-9-12(16-4-2)15-10-14-11/h1,9-10H,4-8H2,2H3,(H,13,14,15). The van der Waals surface area contributed by atoms with Crippen LogP contribution in [0.5, 0.6) is 5.88 Å². The first-order chi connectivity index (χ1) is 7.86. The summed E-state index contributed by atoms with van der Waals surface area (Å²) in [5.74, 6) is 4.01. The van der Waals surface area contributed by atoms with Crippen molar-refractivity contribution in [1.29, 1.82) is 0 Å². The van der Waals surface area contributed by atoms with Crippen LogP contribution < -0.4 is 10.1 Å². The molecule has 0 amide bonds. The van der Waals surface area contributed by atoms with Crippen LogP contribution in [0, 0.1) is 12.3 Å². The molecule has 0 unspecified atom stereocenters. The van der Waals surface area contributed by atoms with Gasteiger partial charge in [0.25, 0.3) is 0 Å². The number of nitrogens with one attached hydrogen (secondary N) is 1. The van der Waals surface area contributed by atoms with Crippen LogP contribution in [-0.2, 0) is 0 Å². The van der Waals surface area contributed by atoms with Gasteiger partial charge in [0.15, 0.2) is 0 Å². The summed E-state index contributed by atoms with van der Waals surface area (Å²) >= 11 is 0. The van der Waals surface area contributed by atoms with Gasteiger partial charge in [0, 0.05) is 19.0 Å². The molecule has 4 nitrogen and oxygen atoms in total. The lowest BCUT2D eigenvalue weighted by Gasteiger charge is -2.06. The molecule has 4 heteroatoms. The fourth-order valence-corrected chi connectivity index (χ4v) is 1.23. The van der Waals surface area contributed by atoms with E-state index in [0.717, 1.165) is 31.6 Å². The third-order valence-corrected chi connectivity index (χ3v) is 1.99. The SMILES string of the molecule is C#CCCCCNc1cc(OCC)ncn1. The molecule has 0 fully saturated rings. The van der Waals surface area contributed by atoms with Crippen LogP contribution in [0.4, 0.5) is 5.82 Å². The van der Waals surface area contributed by atoms with Gasteiger partial charge in [-0.05, 0) is 19.8 Å². The zero-order valence-electron chi connectivity index (χ0n) is 9.57. The highest BCUT2D eigenvalue weighted by atomic mass is 16.5. The number of anilines is 1. The van der Waals surface area contributed by atoms with Gasteiger partial charge in [0.2, 0.25) is 5.88 Å². The number of terminal acetylenes is 1. The Labute approximate surface area is 96.5 Å². The van der Waals surface area contributed by atoms with Crippen LogP contribution in [0.1, 0.15) is 26.2 Å². The molecule has 1 rings (SSSR count). The molecule has 0 spiro atoms. The molecule has 0 saturated carbocycles. The lowest BCUT2D eigenvalue weighted by molar-refractivity contribution is 0.326. The molecule has 16 heavy (non-hydrogen) atoms. The van der Waals surface area contributed by atoms with Gasteiger partial charge in [-0.2, -0.15) is 0 Å². The van der Waals surface area contributed by atoms with E-state index in [1.54, 1.807) is 6.07 Å². The minimum Gasteiger partial charge on any atom is -0.478 e. The van der Waals surface area contributed by atoms with Gasteiger partial charge < -0.3 is 10.1 Å². The normalized spacial score (nSPS) is 9.50. The van der Waals surface area contributed by atoms with E-state index in [4.69, 9.17) is 11.2 Å². The molecule has 0 aliphatic rings. The number of hydrogen-bond donors (Lipinski definition) is 1. The molecule has 0 saturated heterocycles. The zero-order valence-corrected chi connectivity index (χ0v) is 9.57. The van der Waals surface area contributed by atoms with Gasteiger partial charge in [0.1, 0.15) is 12.1 Å². The summed E-state index contributed by atoms with van der Waals surface area (Å²) in [5.41, 5.74) is 0. The lowest BCUT2D eigenvalue weighted by atomic mass is 10.2. The minimum atomic E-state index is 0.601. The van der Waals surface area contributed by atoms with Gasteiger partial charge in [0.05, 0.1) is 6.61 Å². The summed E-state index contributed by atoms with van der Waals surface area (Å²) in [6, 6.07) is 1.80. The molecule has 0 aliphatic heterocycles. The first-order valence-electron chi connectivity index (χ1n) is 5.49. The monoisotopic (exact) mass is 219 g/mol. The Morgan fingerprint density at radius 3 is 3.06 bits per heavy atom. The summed E-state index contributed by atoms with van der Waals surface area (Å²) in [7, 11) is 0. The van der Waals surface area contributed by atoms with Gasteiger partial charge in [-0.15, -0.1) is 12.3 Å². The molecular weight excluding hydrogens is 202 g/mol. The molecular formula is C12H17N3O. The fraction of sp³-hybridized carbons (Fsp3) is 0.500. The van der Waals surface area contributed by atoms with E-state index in [-0.39, 0.29) is 0 Å². The maximum absolute atomic E-state index is 5.27. The Morgan fingerprint density at radius 1 is 1.44 bits per heavy atom. The van der Waals surface area contributed by atoms with Crippen LogP contribution in [0.15, 0.2) is 12.4 Å². The summed E-state index contributed by atoms with van der Waals surface area (Å²) < 4.78 is 5.27. The molecule has 0 atom stereocenters. The summed E-state index contributed by atoms with van der Waals surface area (Å²) in [6.45, 7) is 3.40. The highest BCUT2D eigenvalue weighted by Crippen LogP contribution is 2.10. The van der Waals surface area contributed by atoms with Crippen molar-refractivity contribution in [2.24, 2.45) is 0 Å². The van der Waals surface area contributed by atoms with Crippen molar-refractivity contribution in [3.05, 3.63) is 12.4 Å². The summed E-state index contributed by atoms with van der Waals surface area (Å²) in [5, 5.41) is 3.20. The molecule has 0 aliphatic carbocycles. The van der Waals surface area contributed by atoms with Gasteiger partial charge >= 0.3 is 0 Å². The lowest BCUT2D eigenvalue weighted by Crippen LogP contribution is -2.04. The van der Waals surface area contributed by atoms with Crippen molar-refractivity contribution >= 4 is 5.82 Å². The second-order valence-electron chi connectivity index (χ2n) is 3.26. The van der Waals surface area contributed by atoms with E-state index in [2.05, 4.69) is 21.2 Å². The topological polar surface area (TPSA) is 47.0 Å². The largest absolute Gasteiger partial charge is 0.478 e. The molecule has 0 radical (unpaired) electrons. The maximum atomic E-state index is 5.27.